The van der Waals surface area contributed by atoms with E-state index in [1.54, 1.807) is 7.11 Å². The molecular weight excluding hydrogens is 134 g/mol. The highest BCUT2D eigenvalue weighted by molar-refractivity contribution is 4.94. The predicted molar refractivity (Wildman–Crippen MR) is 32.8 cm³/mol. The van der Waals surface area contributed by atoms with E-state index >= 15 is 0 Å². The molecule has 1 spiro atoms. The molecule has 4 heteroatoms. The quantitative estimate of drug-likeness (QED) is 0.514. The molecule has 2 aliphatic heterocycles. The molecule has 58 valence electrons. The van der Waals surface area contributed by atoms with Gasteiger partial charge in [-0.1, -0.05) is 0 Å². The molecular formula is C6H11NO3. The Morgan fingerprint density at radius 2 is 2.50 bits per heavy atom. The zero-order chi connectivity index (χ0) is 7.19. The van der Waals surface area contributed by atoms with Crippen molar-refractivity contribution < 1.29 is 14.7 Å². The highest BCUT2D eigenvalue weighted by Crippen LogP contribution is 2.43. The van der Waals surface area contributed by atoms with Gasteiger partial charge in [-0.2, -0.15) is 0 Å². The van der Waals surface area contributed by atoms with E-state index in [4.69, 9.17) is 9.57 Å². The number of hydroxylamine groups is 2. The monoisotopic (exact) mass is 145 g/mol. The minimum atomic E-state index is -0.479. The Kier molecular flexibility index (Phi) is 1.25. The molecule has 2 rings (SSSR count). The van der Waals surface area contributed by atoms with Gasteiger partial charge in [0.2, 0.25) is 0 Å². The van der Waals surface area contributed by atoms with Crippen molar-refractivity contribution in [3.05, 3.63) is 0 Å². The predicted octanol–water partition coefficient (Wildman–Crippen LogP) is -0.312. The van der Waals surface area contributed by atoms with Crippen molar-refractivity contribution in [2.24, 2.45) is 0 Å². The van der Waals surface area contributed by atoms with Crippen LogP contribution in [0.2, 0.25) is 0 Å². The molecule has 0 aromatic carbocycles. The van der Waals surface area contributed by atoms with Crippen molar-refractivity contribution in [3.63, 3.8) is 0 Å². The van der Waals surface area contributed by atoms with Gasteiger partial charge in [-0.3, -0.25) is 4.84 Å². The Balaban J connectivity index is 2.10. The van der Waals surface area contributed by atoms with Crippen LogP contribution in [-0.4, -0.2) is 35.8 Å². The molecule has 2 atom stereocenters. The van der Waals surface area contributed by atoms with E-state index in [1.807, 2.05) is 0 Å². The summed E-state index contributed by atoms with van der Waals surface area (Å²) in [5, 5.41) is 10.8. The number of epoxide rings is 1. The first-order valence-electron chi connectivity index (χ1n) is 3.44. The van der Waals surface area contributed by atoms with Crippen molar-refractivity contribution in [1.82, 2.24) is 5.06 Å². The summed E-state index contributed by atoms with van der Waals surface area (Å²) in [6.45, 7) is 0.692. The van der Waals surface area contributed by atoms with E-state index in [-0.39, 0.29) is 5.72 Å². The van der Waals surface area contributed by atoms with Gasteiger partial charge in [0.1, 0.15) is 6.23 Å². The van der Waals surface area contributed by atoms with Gasteiger partial charge in [0.15, 0.2) is 5.72 Å². The molecule has 4 nitrogen and oxygen atoms in total. The lowest BCUT2D eigenvalue weighted by Crippen LogP contribution is -2.37. The topological polar surface area (TPSA) is 45.2 Å². The van der Waals surface area contributed by atoms with Gasteiger partial charge in [-0.15, -0.1) is 5.06 Å². The van der Waals surface area contributed by atoms with Gasteiger partial charge in [0, 0.05) is 0 Å². The average Bonchev–Trinajstić information content (AvgIpc) is 2.60. The molecule has 0 aliphatic carbocycles. The van der Waals surface area contributed by atoms with Crippen molar-refractivity contribution in [1.29, 1.82) is 0 Å². The van der Waals surface area contributed by atoms with Crippen molar-refractivity contribution >= 4 is 0 Å². The van der Waals surface area contributed by atoms with Crippen LogP contribution in [0.25, 0.3) is 0 Å². The number of ether oxygens (including phenoxy) is 1. The third-order valence-electron chi connectivity index (χ3n) is 2.14. The van der Waals surface area contributed by atoms with Crippen LogP contribution >= 0.6 is 0 Å². The molecule has 0 saturated carbocycles. The second-order valence-corrected chi connectivity index (χ2v) is 2.76. The molecule has 0 amide bonds. The molecule has 0 aromatic heterocycles. The van der Waals surface area contributed by atoms with Crippen molar-refractivity contribution in [2.45, 2.75) is 24.8 Å². The van der Waals surface area contributed by atoms with E-state index in [2.05, 4.69) is 0 Å². The molecule has 0 bridgehead atoms. The van der Waals surface area contributed by atoms with Crippen LogP contribution in [-0.2, 0) is 9.57 Å². The van der Waals surface area contributed by atoms with Crippen LogP contribution in [0.1, 0.15) is 12.8 Å². The largest absolute Gasteiger partial charge is 0.376 e. The van der Waals surface area contributed by atoms with Gasteiger partial charge in [0.25, 0.3) is 0 Å². The van der Waals surface area contributed by atoms with Crippen molar-refractivity contribution in [2.75, 3.05) is 13.7 Å². The summed E-state index contributed by atoms with van der Waals surface area (Å²) in [7, 11) is 1.55. The first-order chi connectivity index (χ1) is 4.78. The van der Waals surface area contributed by atoms with Gasteiger partial charge < -0.3 is 9.84 Å². The molecule has 10 heavy (non-hydrogen) atoms. The smallest absolute Gasteiger partial charge is 0.170 e. The minimum Gasteiger partial charge on any atom is -0.376 e. The van der Waals surface area contributed by atoms with E-state index in [0.29, 0.717) is 6.61 Å². The Hall–Kier alpha value is -0.160. The number of hydrogen-bond donors (Lipinski definition) is 1. The maximum Gasteiger partial charge on any atom is 0.170 e. The molecule has 1 N–H and O–H groups in total. The lowest BCUT2D eigenvalue weighted by atomic mass is 10.2. The second-order valence-electron chi connectivity index (χ2n) is 2.76. The van der Waals surface area contributed by atoms with E-state index in [9.17, 15) is 5.11 Å². The normalized spacial score (nSPS) is 46.8. The van der Waals surface area contributed by atoms with E-state index < -0.39 is 6.23 Å². The highest BCUT2D eigenvalue weighted by atomic mass is 16.8. The molecule has 2 fully saturated rings. The SMILES string of the molecule is CON1C(O)CCC12CO2. The lowest BCUT2D eigenvalue weighted by molar-refractivity contribution is -0.245. The van der Waals surface area contributed by atoms with Gasteiger partial charge in [-0.05, 0) is 12.8 Å². The van der Waals surface area contributed by atoms with Crippen LogP contribution < -0.4 is 0 Å². The summed E-state index contributed by atoms with van der Waals surface area (Å²) >= 11 is 0. The lowest BCUT2D eigenvalue weighted by Gasteiger charge is -2.20. The third kappa shape index (κ3) is 0.703. The molecule has 0 aromatic rings. The Labute approximate surface area is 59.3 Å². The Bertz CT molecular complexity index is 146. The maximum absolute atomic E-state index is 9.29. The maximum atomic E-state index is 9.29. The Morgan fingerprint density at radius 1 is 1.80 bits per heavy atom. The van der Waals surface area contributed by atoms with Gasteiger partial charge >= 0.3 is 0 Å². The third-order valence-corrected chi connectivity index (χ3v) is 2.14. The zero-order valence-electron chi connectivity index (χ0n) is 5.91. The molecule has 2 saturated heterocycles. The van der Waals surface area contributed by atoms with Crippen molar-refractivity contribution in [3.8, 4) is 0 Å². The number of hydrogen-bond acceptors (Lipinski definition) is 4. The first kappa shape index (κ1) is 6.54. The van der Waals surface area contributed by atoms with Crippen LogP contribution in [0.3, 0.4) is 0 Å². The zero-order valence-corrected chi connectivity index (χ0v) is 5.91. The number of rotatable bonds is 1. The first-order valence-corrected chi connectivity index (χ1v) is 3.44. The molecule has 2 heterocycles. The van der Waals surface area contributed by atoms with E-state index in [1.165, 1.54) is 5.06 Å². The van der Waals surface area contributed by atoms with Crippen LogP contribution in [0.4, 0.5) is 0 Å². The fourth-order valence-corrected chi connectivity index (χ4v) is 1.50. The van der Waals surface area contributed by atoms with Crippen LogP contribution in [0.5, 0.6) is 0 Å². The molecule has 0 radical (unpaired) electrons. The van der Waals surface area contributed by atoms with Gasteiger partial charge in [-0.25, -0.2) is 0 Å². The summed E-state index contributed by atoms with van der Waals surface area (Å²) in [5.74, 6) is 0. The highest BCUT2D eigenvalue weighted by Gasteiger charge is 2.57. The average molecular weight is 145 g/mol. The Morgan fingerprint density at radius 3 is 2.90 bits per heavy atom. The summed E-state index contributed by atoms with van der Waals surface area (Å²) in [6, 6.07) is 0. The molecule has 2 aliphatic rings. The number of aliphatic hydroxyl groups excluding tert-OH is 1. The van der Waals surface area contributed by atoms with Crippen LogP contribution in [0, 0.1) is 0 Å². The standard InChI is InChI=1S/C6H11NO3/c1-9-7-5(8)2-3-6(7)4-10-6/h5,8H,2-4H2,1H3. The summed E-state index contributed by atoms with van der Waals surface area (Å²) in [6.07, 6.45) is 1.14. The van der Waals surface area contributed by atoms with Gasteiger partial charge in [0.05, 0.1) is 13.7 Å². The minimum absolute atomic E-state index is 0.256. The fraction of sp³-hybridized carbons (Fsp3) is 1.00. The number of aliphatic hydroxyl groups is 1. The summed E-state index contributed by atoms with van der Waals surface area (Å²) in [4.78, 5) is 4.96. The second kappa shape index (κ2) is 1.92. The summed E-state index contributed by atoms with van der Waals surface area (Å²) < 4.78 is 5.17. The number of nitrogens with zero attached hydrogens (tertiary/aromatic N) is 1. The fourth-order valence-electron chi connectivity index (χ4n) is 1.50. The summed E-state index contributed by atoms with van der Waals surface area (Å²) in [5.41, 5.74) is -0.256. The van der Waals surface area contributed by atoms with Crippen LogP contribution in [0.15, 0.2) is 0 Å². The van der Waals surface area contributed by atoms with E-state index in [0.717, 1.165) is 12.8 Å². The molecule has 2 unspecified atom stereocenters.